The summed E-state index contributed by atoms with van der Waals surface area (Å²) in [5, 5.41) is 29.4. The predicted octanol–water partition coefficient (Wildman–Crippen LogP) is 0.933. The SMILES string of the molecule is CC(C)(C)OC(=O)[C@H]1C[C@@H](CO)[C@H](C(O)CO)N1Cc1ccccc1. The summed E-state index contributed by atoms with van der Waals surface area (Å²) in [6.45, 7) is 5.28. The van der Waals surface area contributed by atoms with Gasteiger partial charge in [0.1, 0.15) is 11.6 Å². The van der Waals surface area contributed by atoms with E-state index in [0.29, 0.717) is 13.0 Å². The molecule has 1 aliphatic rings. The molecule has 0 amide bonds. The Bertz CT molecular complexity index is 557. The first-order valence-electron chi connectivity index (χ1n) is 8.69. The van der Waals surface area contributed by atoms with E-state index in [9.17, 15) is 20.1 Å². The Morgan fingerprint density at radius 1 is 1.28 bits per heavy atom. The topological polar surface area (TPSA) is 90.2 Å². The van der Waals surface area contributed by atoms with Gasteiger partial charge in [-0.3, -0.25) is 9.69 Å². The summed E-state index contributed by atoms with van der Waals surface area (Å²) in [7, 11) is 0. The minimum atomic E-state index is -1.03. The number of esters is 1. The Morgan fingerprint density at radius 2 is 1.92 bits per heavy atom. The molecule has 1 saturated heterocycles. The number of carbonyl (C=O) groups excluding carboxylic acids is 1. The lowest BCUT2D eigenvalue weighted by molar-refractivity contribution is -0.161. The fraction of sp³-hybridized carbons (Fsp3) is 0.632. The van der Waals surface area contributed by atoms with Gasteiger partial charge in [0.25, 0.3) is 0 Å². The van der Waals surface area contributed by atoms with Crippen LogP contribution in [-0.2, 0) is 16.1 Å². The molecule has 6 nitrogen and oxygen atoms in total. The molecule has 25 heavy (non-hydrogen) atoms. The van der Waals surface area contributed by atoms with Crippen molar-refractivity contribution in [1.82, 2.24) is 4.90 Å². The second kappa shape index (κ2) is 8.27. The lowest BCUT2D eigenvalue weighted by Gasteiger charge is -2.34. The van der Waals surface area contributed by atoms with Gasteiger partial charge in [-0.1, -0.05) is 30.3 Å². The van der Waals surface area contributed by atoms with E-state index in [4.69, 9.17) is 4.74 Å². The van der Waals surface area contributed by atoms with Crippen molar-refractivity contribution >= 4 is 5.97 Å². The van der Waals surface area contributed by atoms with E-state index in [1.165, 1.54) is 0 Å². The van der Waals surface area contributed by atoms with Crippen LogP contribution in [0.5, 0.6) is 0 Å². The van der Waals surface area contributed by atoms with Crippen molar-refractivity contribution < 1.29 is 24.9 Å². The molecule has 1 unspecified atom stereocenters. The minimum absolute atomic E-state index is 0.160. The summed E-state index contributed by atoms with van der Waals surface area (Å²) in [4.78, 5) is 14.5. The normalized spacial score (nSPS) is 25.8. The maximum atomic E-state index is 12.7. The highest BCUT2D eigenvalue weighted by Gasteiger charge is 2.48. The maximum Gasteiger partial charge on any atom is 0.323 e. The van der Waals surface area contributed by atoms with Crippen LogP contribution >= 0.6 is 0 Å². The van der Waals surface area contributed by atoms with E-state index < -0.39 is 30.4 Å². The first-order chi connectivity index (χ1) is 11.8. The fourth-order valence-corrected chi connectivity index (χ4v) is 3.48. The first-order valence-corrected chi connectivity index (χ1v) is 8.69. The van der Waals surface area contributed by atoms with Gasteiger partial charge >= 0.3 is 5.97 Å². The average molecular weight is 351 g/mol. The summed E-state index contributed by atoms with van der Waals surface area (Å²) in [5.74, 6) is -0.669. The largest absolute Gasteiger partial charge is 0.459 e. The molecule has 3 N–H and O–H groups in total. The summed E-state index contributed by atoms with van der Waals surface area (Å²) in [5.41, 5.74) is 0.377. The molecule has 0 saturated carbocycles. The molecule has 4 atom stereocenters. The molecule has 1 aromatic carbocycles. The summed E-state index contributed by atoms with van der Waals surface area (Å²) in [6.07, 6.45) is -0.645. The first kappa shape index (κ1) is 19.8. The molecule has 140 valence electrons. The Kier molecular flexibility index (Phi) is 6.57. The number of ether oxygens (including phenoxy) is 1. The van der Waals surface area contributed by atoms with Gasteiger partial charge in [-0.15, -0.1) is 0 Å². The van der Waals surface area contributed by atoms with Crippen molar-refractivity contribution in [3.8, 4) is 0 Å². The molecule has 1 heterocycles. The zero-order valence-electron chi connectivity index (χ0n) is 15.1. The monoisotopic (exact) mass is 351 g/mol. The second-order valence-electron chi connectivity index (χ2n) is 7.63. The number of aliphatic hydroxyl groups is 3. The molecule has 1 aliphatic heterocycles. The van der Waals surface area contributed by atoms with E-state index in [-0.39, 0.29) is 18.5 Å². The Morgan fingerprint density at radius 3 is 2.44 bits per heavy atom. The van der Waals surface area contributed by atoms with Gasteiger partial charge in [-0.05, 0) is 32.8 Å². The van der Waals surface area contributed by atoms with E-state index in [1.54, 1.807) is 0 Å². The van der Waals surface area contributed by atoms with Crippen molar-refractivity contribution in [3.63, 3.8) is 0 Å². The van der Waals surface area contributed by atoms with Crippen LogP contribution in [0, 0.1) is 5.92 Å². The highest BCUT2D eigenvalue weighted by Crippen LogP contribution is 2.34. The number of hydrogen-bond donors (Lipinski definition) is 3. The van der Waals surface area contributed by atoms with Crippen molar-refractivity contribution in [1.29, 1.82) is 0 Å². The smallest absolute Gasteiger partial charge is 0.323 e. The third kappa shape index (κ3) is 5.01. The molecule has 0 aliphatic carbocycles. The predicted molar refractivity (Wildman–Crippen MR) is 93.7 cm³/mol. The molecule has 0 aromatic heterocycles. The zero-order valence-corrected chi connectivity index (χ0v) is 15.1. The molecule has 1 fully saturated rings. The van der Waals surface area contributed by atoms with Gasteiger partial charge in [0.15, 0.2) is 0 Å². The highest BCUT2D eigenvalue weighted by molar-refractivity contribution is 5.76. The zero-order chi connectivity index (χ0) is 18.6. The summed E-state index contributed by atoms with van der Waals surface area (Å²) < 4.78 is 5.54. The Labute approximate surface area is 149 Å². The lowest BCUT2D eigenvalue weighted by atomic mass is 9.96. The number of hydrogen-bond acceptors (Lipinski definition) is 6. The number of rotatable bonds is 6. The number of carbonyl (C=O) groups is 1. The van der Waals surface area contributed by atoms with Crippen LogP contribution in [0.2, 0.25) is 0 Å². The Balaban J connectivity index is 2.30. The number of likely N-dealkylation sites (tertiary alicyclic amines) is 1. The van der Waals surface area contributed by atoms with Crippen molar-refractivity contribution in [3.05, 3.63) is 35.9 Å². The van der Waals surface area contributed by atoms with Crippen LogP contribution in [0.4, 0.5) is 0 Å². The number of benzene rings is 1. The van der Waals surface area contributed by atoms with E-state index in [1.807, 2.05) is 56.0 Å². The highest BCUT2D eigenvalue weighted by atomic mass is 16.6. The van der Waals surface area contributed by atoms with Crippen LogP contribution < -0.4 is 0 Å². The fourth-order valence-electron chi connectivity index (χ4n) is 3.48. The maximum absolute atomic E-state index is 12.7. The van der Waals surface area contributed by atoms with Gasteiger partial charge in [-0.25, -0.2) is 0 Å². The van der Waals surface area contributed by atoms with Crippen LogP contribution in [0.3, 0.4) is 0 Å². The third-order valence-corrected chi connectivity index (χ3v) is 4.49. The molecule has 0 bridgehead atoms. The van der Waals surface area contributed by atoms with Crippen LogP contribution in [0.25, 0.3) is 0 Å². The van der Waals surface area contributed by atoms with E-state index in [2.05, 4.69) is 0 Å². The van der Waals surface area contributed by atoms with Crippen LogP contribution in [-0.4, -0.2) is 63.2 Å². The molecule has 1 aromatic rings. The molecule has 0 spiro atoms. The number of aliphatic hydroxyl groups excluding tert-OH is 3. The third-order valence-electron chi connectivity index (χ3n) is 4.49. The molecule has 0 radical (unpaired) electrons. The lowest BCUT2D eigenvalue weighted by Crippen LogP contribution is -2.49. The molecular weight excluding hydrogens is 322 g/mol. The number of nitrogens with zero attached hydrogens (tertiary/aromatic N) is 1. The van der Waals surface area contributed by atoms with E-state index >= 15 is 0 Å². The summed E-state index contributed by atoms with van der Waals surface area (Å²) in [6, 6.07) is 8.55. The van der Waals surface area contributed by atoms with E-state index in [0.717, 1.165) is 5.56 Å². The van der Waals surface area contributed by atoms with Gasteiger partial charge in [0, 0.05) is 25.1 Å². The van der Waals surface area contributed by atoms with Crippen molar-refractivity contribution in [2.75, 3.05) is 13.2 Å². The van der Waals surface area contributed by atoms with Gasteiger partial charge in [0.05, 0.1) is 12.7 Å². The molecule has 2 rings (SSSR count). The standard InChI is InChI=1S/C19H29NO5/c1-19(2,3)25-18(24)15-9-14(11-21)17(16(23)12-22)20(15)10-13-7-5-4-6-8-13/h4-8,14-17,21-23H,9-12H2,1-3H3/t14-,15+,16?,17+/m0/s1. The quantitative estimate of drug-likeness (QED) is 0.661. The molecule has 6 heteroatoms. The van der Waals surface area contributed by atoms with Gasteiger partial charge < -0.3 is 20.1 Å². The average Bonchev–Trinajstić information content (AvgIpc) is 2.92. The van der Waals surface area contributed by atoms with Crippen molar-refractivity contribution in [2.45, 2.75) is 57.5 Å². The van der Waals surface area contributed by atoms with Gasteiger partial charge in [0.2, 0.25) is 0 Å². The van der Waals surface area contributed by atoms with Crippen LogP contribution in [0.1, 0.15) is 32.8 Å². The summed E-state index contributed by atoms with van der Waals surface area (Å²) >= 11 is 0. The van der Waals surface area contributed by atoms with Crippen molar-refractivity contribution in [2.24, 2.45) is 5.92 Å². The minimum Gasteiger partial charge on any atom is -0.459 e. The Hall–Kier alpha value is -1.47. The molecular formula is C19H29NO5. The van der Waals surface area contributed by atoms with Crippen LogP contribution in [0.15, 0.2) is 30.3 Å². The van der Waals surface area contributed by atoms with Gasteiger partial charge in [-0.2, -0.15) is 0 Å². The second-order valence-corrected chi connectivity index (χ2v) is 7.63.